The molecular weight excluding hydrogens is 257 g/mol. The lowest BCUT2D eigenvalue weighted by Crippen LogP contribution is -2.28. The van der Waals surface area contributed by atoms with E-state index in [4.69, 9.17) is 11.6 Å². The van der Waals surface area contributed by atoms with E-state index in [0.29, 0.717) is 10.1 Å². The summed E-state index contributed by atoms with van der Waals surface area (Å²) < 4.78 is 37.1. The smallest absolute Gasteiger partial charge is 0.290 e. The summed E-state index contributed by atoms with van der Waals surface area (Å²) >= 11 is 5.68. The van der Waals surface area contributed by atoms with Crippen LogP contribution in [0.3, 0.4) is 0 Å². The monoisotopic (exact) mass is 262 g/mol. The summed E-state index contributed by atoms with van der Waals surface area (Å²) in [7, 11) is 0. The standard InChI is InChI=1S/C10H6ClF3N2O/c11-6-1-2-8-7(3-6)9(17)16(5-15-8)4-10(12,13)14/h1-3,5H,4H2. The molecule has 3 nitrogen and oxygen atoms in total. The molecule has 90 valence electrons. The van der Waals surface area contributed by atoms with E-state index in [9.17, 15) is 18.0 Å². The first-order valence-electron chi connectivity index (χ1n) is 4.58. The van der Waals surface area contributed by atoms with E-state index in [1.54, 1.807) is 0 Å². The van der Waals surface area contributed by atoms with Crippen molar-refractivity contribution in [1.29, 1.82) is 0 Å². The van der Waals surface area contributed by atoms with Gasteiger partial charge in [0, 0.05) is 5.02 Å². The Morgan fingerprint density at radius 3 is 2.71 bits per heavy atom. The van der Waals surface area contributed by atoms with Crippen molar-refractivity contribution in [3.8, 4) is 0 Å². The molecule has 0 aliphatic carbocycles. The Bertz CT molecular complexity index is 621. The van der Waals surface area contributed by atoms with Gasteiger partial charge in [0.2, 0.25) is 0 Å². The van der Waals surface area contributed by atoms with Gasteiger partial charge in [0.25, 0.3) is 5.56 Å². The van der Waals surface area contributed by atoms with Gasteiger partial charge < -0.3 is 0 Å². The summed E-state index contributed by atoms with van der Waals surface area (Å²) in [6.07, 6.45) is -3.58. The number of aromatic nitrogens is 2. The Hall–Kier alpha value is -1.56. The second-order valence-corrected chi connectivity index (χ2v) is 3.89. The van der Waals surface area contributed by atoms with Gasteiger partial charge in [-0.1, -0.05) is 11.6 Å². The Kier molecular flexibility index (Phi) is 2.82. The molecule has 0 saturated heterocycles. The lowest BCUT2D eigenvalue weighted by molar-refractivity contribution is -0.141. The SMILES string of the molecule is O=c1c2cc(Cl)ccc2ncn1CC(F)(F)F. The number of halogens is 4. The predicted octanol–water partition coefficient (Wildman–Crippen LogP) is 2.61. The Labute approximate surface area is 98.5 Å². The minimum atomic E-state index is -4.46. The maximum atomic E-state index is 12.2. The summed E-state index contributed by atoms with van der Waals surface area (Å²) in [5.74, 6) is 0. The van der Waals surface area contributed by atoms with Crippen LogP contribution in [-0.2, 0) is 6.54 Å². The highest BCUT2D eigenvalue weighted by Gasteiger charge is 2.28. The van der Waals surface area contributed by atoms with Crippen molar-refractivity contribution in [2.75, 3.05) is 0 Å². The van der Waals surface area contributed by atoms with Crippen LogP contribution in [0.15, 0.2) is 29.3 Å². The van der Waals surface area contributed by atoms with Crippen molar-refractivity contribution >= 4 is 22.5 Å². The lowest BCUT2D eigenvalue weighted by atomic mass is 10.2. The van der Waals surface area contributed by atoms with E-state index in [1.807, 2.05) is 0 Å². The maximum absolute atomic E-state index is 12.2. The first-order chi connectivity index (χ1) is 7.87. The summed E-state index contributed by atoms with van der Waals surface area (Å²) in [4.78, 5) is 15.5. The Balaban J connectivity index is 2.61. The van der Waals surface area contributed by atoms with Crippen LogP contribution in [-0.4, -0.2) is 15.7 Å². The molecule has 0 spiro atoms. The van der Waals surface area contributed by atoms with Crippen LogP contribution in [0.1, 0.15) is 0 Å². The number of alkyl halides is 3. The first-order valence-corrected chi connectivity index (χ1v) is 4.96. The van der Waals surface area contributed by atoms with Crippen molar-refractivity contribution in [3.63, 3.8) is 0 Å². The van der Waals surface area contributed by atoms with E-state index in [-0.39, 0.29) is 10.4 Å². The highest BCUT2D eigenvalue weighted by Crippen LogP contribution is 2.18. The highest BCUT2D eigenvalue weighted by molar-refractivity contribution is 6.31. The van der Waals surface area contributed by atoms with Gasteiger partial charge in [-0.05, 0) is 18.2 Å². The molecule has 0 aliphatic rings. The molecule has 0 unspecified atom stereocenters. The molecular formula is C10H6ClF3N2O. The Morgan fingerprint density at radius 1 is 1.35 bits per heavy atom. The molecule has 1 aromatic heterocycles. The molecule has 0 N–H and O–H groups in total. The van der Waals surface area contributed by atoms with Gasteiger partial charge in [0.1, 0.15) is 6.54 Å². The molecule has 0 atom stereocenters. The lowest BCUT2D eigenvalue weighted by Gasteiger charge is -2.09. The third-order valence-corrected chi connectivity index (χ3v) is 2.37. The summed E-state index contributed by atoms with van der Waals surface area (Å²) in [5.41, 5.74) is -0.437. The molecule has 1 aromatic carbocycles. The summed E-state index contributed by atoms with van der Waals surface area (Å²) in [6, 6.07) is 4.31. The van der Waals surface area contributed by atoms with Crippen LogP contribution < -0.4 is 5.56 Å². The zero-order valence-electron chi connectivity index (χ0n) is 8.33. The third-order valence-electron chi connectivity index (χ3n) is 2.14. The molecule has 17 heavy (non-hydrogen) atoms. The zero-order valence-corrected chi connectivity index (χ0v) is 9.09. The van der Waals surface area contributed by atoms with Crippen LogP contribution >= 0.6 is 11.6 Å². The van der Waals surface area contributed by atoms with Gasteiger partial charge in [-0.2, -0.15) is 13.2 Å². The Morgan fingerprint density at radius 2 is 2.06 bits per heavy atom. The number of benzene rings is 1. The number of fused-ring (bicyclic) bond motifs is 1. The second kappa shape index (κ2) is 4.03. The number of hydrogen-bond acceptors (Lipinski definition) is 2. The van der Waals surface area contributed by atoms with Crippen LogP contribution in [0, 0.1) is 0 Å². The van der Waals surface area contributed by atoms with Crippen molar-refractivity contribution in [1.82, 2.24) is 9.55 Å². The van der Waals surface area contributed by atoms with Crippen molar-refractivity contribution in [2.24, 2.45) is 0 Å². The number of hydrogen-bond donors (Lipinski definition) is 0. The number of nitrogens with zero attached hydrogens (tertiary/aromatic N) is 2. The molecule has 0 fully saturated rings. The molecule has 0 saturated carbocycles. The molecule has 0 amide bonds. The zero-order chi connectivity index (χ0) is 12.6. The van der Waals surface area contributed by atoms with E-state index in [0.717, 1.165) is 6.33 Å². The van der Waals surface area contributed by atoms with Crippen LogP contribution in [0.4, 0.5) is 13.2 Å². The van der Waals surface area contributed by atoms with E-state index in [2.05, 4.69) is 4.98 Å². The number of rotatable bonds is 1. The average molecular weight is 263 g/mol. The largest absolute Gasteiger partial charge is 0.406 e. The van der Waals surface area contributed by atoms with Crippen LogP contribution in [0.2, 0.25) is 5.02 Å². The maximum Gasteiger partial charge on any atom is 0.406 e. The quantitative estimate of drug-likeness (QED) is 0.792. The average Bonchev–Trinajstić information content (AvgIpc) is 2.21. The van der Waals surface area contributed by atoms with Crippen molar-refractivity contribution in [3.05, 3.63) is 39.9 Å². The highest BCUT2D eigenvalue weighted by atomic mass is 35.5. The molecule has 1 heterocycles. The van der Waals surface area contributed by atoms with Gasteiger partial charge >= 0.3 is 6.18 Å². The van der Waals surface area contributed by atoms with Crippen LogP contribution in [0.5, 0.6) is 0 Å². The summed E-state index contributed by atoms with van der Waals surface area (Å²) in [6.45, 7) is -1.36. The molecule has 0 bridgehead atoms. The van der Waals surface area contributed by atoms with Gasteiger partial charge in [-0.3, -0.25) is 9.36 Å². The van der Waals surface area contributed by atoms with E-state index in [1.165, 1.54) is 18.2 Å². The predicted molar refractivity (Wildman–Crippen MR) is 57.1 cm³/mol. The normalized spacial score (nSPS) is 12.0. The second-order valence-electron chi connectivity index (χ2n) is 3.45. The van der Waals surface area contributed by atoms with Gasteiger partial charge in [0.15, 0.2) is 0 Å². The molecule has 2 rings (SSSR count). The minimum Gasteiger partial charge on any atom is -0.290 e. The fraction of sp³-hybridized carbons (Fsp3) is 0.200. The molecule has 7 heteroatoms. The van der Waals surface area contributed by atoms with Crippen molar-refractivity contribution < 1.29 is 13.2 Å². The van der Waals surface area contributed by atoms with E-state index < -0.39 is 18.3 Å². The topological polar surface area (TPSA) is 34.9 Å². The minimum absolute atomic E-state index is 0.0734. The summed E-state index contributed by atoms with van der Waals surface area (Å²) in [5, 5.41) is 0.352. The fourth-order valence-corrected chi connectivity index (χ4v) is 1.61. The molecule has 2 aromatic rings. The van der Waals surface area contributed by atoms with Gasteiger partial charge in [0.05, 0.1) is 17.2 Å². The van der Waals surface area contributed by atoms with Gasteiger partial charge in [-0.25, -0.2) is 4.98 Å². The van der Waals surface area contributed by atoms with E-state index >= 15 is 0 Å². The fourth-order valence-electron chi connectivity index (χ4n) is 1.44. The van der Waals surface area contributed by atoms with Crippen molar-refractivity contribution in [2.45, 2.75) is 12.7 Å². The van der Waals surface area contributed by atoms with Crippen LogP contribution in [0.25, 0.3) is 10.9 Å². The molecule has 0 radical (unpaired) electrons. The molecule has 0 aliphatic heterocycles. The third kappa shape index (κ3) is 2.58. The first kappa shape index (κ1) is 11.9. The van der Waals surface area contributed by atoms with Gasteiger partial charge in [-0.15, -0.1) is 0 Å².